The smallest absolute Gasteiger partial charge is 0.239 e. The number of nitrogens with one attached hydrogen (secondary N) is 1. The van der Waals surface area contributed by atoms with Crippen LogP contribution < -0.4 is 5.32 Å². The maximum absolute atomic E-state index is 11.1. The van der Waals surface area contributed by atoms with Crippen LogP contribution in [-0.2, 0) is 9.59 Å². The van der Waals surface area contributed by atoms with Gasteiger partial charge in [-0.25, -0.2) is 0 Å². The van der Waals surface area contributed by atoms with Crippen molar-refractivity contribution in [2.75, 3.05) is 20.1 Å². The van der Waals surface area contributed by atoms with Gasteiger partial charge in [0.1, 0.15) is 0 Å². The van der Waals surface area contributed by atoms with E-state index in [2.05, 4.69) is 12.2 Å². The lowest BCUT2D eigenvalue weighted by atomic mass is 10.2. The van der Waals surface area contributed by atoms with E-state index in [9.17, 15) is 9.59 Å². The third-order valence-corrected chi connectivity index (χ3v) is 1.93. The van der Waals surface area contributed by atoms with Crippen LogP contribution >= 0.6 is 0 Å². The quantitative estimate of drug-likeness (QED) is 0.465. The second kappa shape index (κ2) is 8.53. The third kappa shape index (κ3) is 7.58. The van der Waals surface area contributed by atoms with E-state index in [0.29, 0.717) is 13.0 Å². The standard InChI is InChI=1S/C10H20N2O2/c1-3-4-5-6-7-11-10(14)8-12(2)9-13/h9H,3-8H2,1-2H3,(H,11,14). The van der Waals surface area contributed by atoms with Crippen LogP contribution in [0, 0.1) is 0 Å². The molecule has 0 heterocycles. The maximum Gasteiger partial charge on any atom is 0.239 e. The molecule has 0 aromatic heterocycles. The van der Waals surface area contributed by atoms with Gasteiger partial charge in [0.25, 0.3) is 0 Å². The number of amides is 2. The molecule has 1 N–H and O–H groups in total. The molecule has 4 heteroatoms. The van der Waals surface area contributed by atoms with Gasteiger partial charge in [-0.3, -0.25) is 9.59 Å². The summed E-state index contributed by atoms with van der Waals surface area (Å²) in [6.07, 6.45) is 5.23. The highest BCUT2D eigenvalue weighted by molar-refractivity contribution is 5.79. The predicted molar refractivity (Wildman–Crippen MR) is 55.8 cm³/mol. The minimum absolute atomic E-state index is 0.0869. The van der Waals surface area contributed by atoms with Crippen LogP contribution in [-0.4, -0.2) is 37.4 Å². The Morgan fingerprint density at radius 2 is 2.07 bits per heavy atom. The van der Waals surface area contributed by atoms with Gasteiger partial charge in [0.15, 0.2) is 0 Å². The highest BCUT2D eigenvalue weighted by atomic mass is 16.2. The fraction of sp³-hybridized carbons (Fsp3) is 0.800. The Labute approximate surface area is 85.7 Å². The molecule has 0 aromatic rings. The van der Waals surface area contributed by atoms with E-state index < -0.39 is 0 Å². The first-order valence-electron chi connectivity index (χ1n) is 5.13. The zero-order valence-corrected chi connectivity index (χ0v) is 9.08. The predicted octanol–water partition coefficient (Wildman–Crippen LogP) is 0.771. The van der Waals surface area contributed by atoms with Gasteiger partial charge in [-0.2, -0.15) is 0 Å². The molecular formula is C10H20N2O2. The molecule has 0 aliphatic rings. The van der Waals surface area contributed by atoms with E-state index >= 15 is 0 Å². The summed E-state index contributed by atoms with van der Waals surface area (Å²) in [7, 11) is 1.59. The summed E-state index contributed by atoms with van der Waals surface area (Å²) >= 11 is 0. The van der Waals surface area contributed by atoms with E-state index in [1.807, 2.05) is 0 Å². The maximum atomic E-state index is 11.1. The molecule has 0 aliphatic heterocycles. The Kier molecular flexibility index (Phi) is 7.89. The first-order chi connectivity index (χ1) is 6.70. The first-order valence-corrected chi connectivity index (χ1v) is 5.13. The fourth-order valence-corrected chi connectivity index (χ4v) is 1.10. The molecule has 0 fully saturated rings. The normalized spacial score (nSPS) is 9.57. The van der Waals surface area contributed by atoms with Crippen molar-refractivity contribution in [3.63, 3.8) is 0 Å². The van der Waals surface area contributed by atoms with Gasteiger partial charge in [-0.1, -0.05) is 26.2 Å². The van der Waals surface area contributed by atoms with Gasteiger partial charge in [-0.15, -0.1) is 0 Å². The van der Waals surface area contributed by atoms with Crippen LogP contribution in [0.25, 0.3) is 0 Å². The summed E-state index contributed by atoms with van der Waals surface area (Å²) in [6.45, 7) is 3.01. The Balaban J connectivity index is 3.31. The molecule has 0 unspecified atom stereocenters. The number of carbonyl (C=O) groups is 2. The summed E-state index contributed by atoms with van der Waals surface area (Å²) in [5.74, 6) is -0.0869. The van der Waals surface area contributed by atoms with Crippen molar-refractivity contribution in [3.8, 4) is 0 Å². The van der Waals surface area contributed by atoms with Crippen molar-refractivity contribution < 1.29 is 9.59 Å². The third-order valence-electron chi connectivity index (χ3n) is 1.93. The van der Waals surface area contributed by atoms with Crippen molar-refractivity contribution in [1.29, 1.82) is 0 Å². The van der Waals surface area contributed by atoms with E-state index in [0.717, 1.165) is 12.8 Å². The zero-order chi connectivity index (χ0) is 10.8. The molecule has 0 radical (unpaired) electrons. The van der Waals surface area contributed by atoms with Crippen molar-refractivity contribution in [3.05, 3.63) is 0 Å². The van der Waals surface area contributed by atoms with Gasteiger partial charge in [-0.05, 0) is 6.42 Å². The number of rotatable bonds is 8. The molecule has 0 rings (SSSR count). The van der Waals surface area contributed by atoms with Crippen LogP contribution in [0.15, 0.2) is 0 Å². The van der Waals surface area contributed by atoms with Gasteiger partial charge in [0.05, 0.1) is 6.54 Å². The number of carbonyl (C=O) groups excluding carboxylic acids is 2. The molecule has 0 atom stereocenters. The molecule has 0 aliphatic carbocycles. The molecule has 0 saturated carbocycles. The zero-order valence-electron chi connectivity index (χ0n) is 9.08. The largest absolute Gasteiger partial charge is 0.355 e. The van der Waals surface area contributed by atoms with Gasteiger partial charge in [0.2, 0.25) is 12.3 Å². The van der Waals surface area contributed by atoms with E-state index in [4.69, 9.17) is 0 Å². The molecule has 82 valence electrons. The molecule has 0 aromatic carbocycles. The first kappa shape index (κ1) is 12.9. The lowest BCUT2D eigenvalue weighted by Crippen LogP contribution is -2.34. The average molecular weight is 200 g/mol. The fourth-order valence-electron chi connectivity index (χ4n) is 1.10. The Bertz CT molecular complexity index is 172. The number of unbranched alkanes of at least 4 members (excludes halogenated alkanes) is 3. The summed E-state index contributed by atoms with van der Waals surface area (Å²) in [4.78, 5) is 22.7. The number of hydrogen-bond acceptors (Lipinski definition) is 2. The van der Waals surface area contributed by atoms with Gasteiger partial charge >= 0.3 is 0 Å². The summed E-state index contributed by atoms with van der Waals surface area (Å²) in [5, 5.41) is 2.77. The molecular weight excluding hydrogens is 180 g/mol. The number of nitrogens with zero attached hydrogens (tertiary/aromatic N) is 1. The second-order valence-corrected chi connectivity index (χ2v) is 3.43. The summed E-state index contributed by atoms with van der Waals surface area (Å²) in [5.41, 5.74) is 0. The van der Waals surface area contributed by atoms with Crippen molar-refractivity contribution in [2.24, 2.45) is 0 Å². The molecule has 0 spiro atoms. The Morgan fingerprint density at radius 3 is 2.64 bits per heavy atom. The topological polar surface area (TPSA) is 49.4 Å². The minimum Gasteiger partial charge on any atom is -0.355 e. The van der Waals surface area contributed by atoms with Crippen molar-refractivity contribution >= 4 is 12.3 Å². The lowest BCUT2D eigenvalue weighted by Gasteiger charge is -2.10. The minimum atomic E-state index is -0.0869. The highest BCUT2D eigenvalue weighted by Crippen LogP contribution is 1.96. The molecule has 0 saturated heterocycles. The van der Waals surface area contributed by atoms with E-state index in [-0.39, 0.29) is 12.5 Å². The summed E-state index contributed by atoms with van der Waals surface area (Å²) in [6, 6.07) is 0. The lowest BCUT2D eigenvalue weighted by molar-refractivity contribution is -0.127. The highest BCUT2D eigenvalue weighted by Gasteiger charge is 2.02. The van der Waals surface area contributed by atoms with Crippen molar-refractivity contribution in [1.82, 2.24) is 10.2 Å². The monoisotopic (exact) mass is 200 g/mol. The van der Waals surface area contributed by atoms with Crippen LogP contribution in [0.1, 0.15) is 32.6 Å². The Morgan fingerprint density at radius 1 is 1.36 bits per heavy atom. The van der Waals surface area contributed by atoms with E-state index in [1.165, 1.54) is 17.7 Å². The van der Waals surface area contributed by atoms with Gasteiger partial charge in [0, 0.05) is 13.6 Å². The van der Waals surface area contributed by atoms with Crippen LogP contribution in [0.3, 0.4) is 0 Å². The van der Waals surface area contributed by atoms with Crippen molar-refractivity contribution in [2.45, 2.75) is 32.6 Å². The van der Waals surface area contributed by atoms with E-state index in [1.54, 1.807) is 7.05 Å². The molecule has 0 bridgehead atoms. The second-order valence-electron chi connectivity index (χ2n) is 3.43. The molecule has 4 nitrogen and oxygen atoms in total. The van der Waals surface area contributed by atoms with Crippen LogP contribution in [0.2, 0.25) is 0 Å². The number of hydrogen-bond donors (Lipinski definition) is 1. The van der Waals surface area contributed by atoms with Gasteiger partial charge < -0.3 is 10.2 Å². The van der Waals surface area contributed by atoms with Crippen LogP contribution in [0.4, 0.5) is 0 Å². The molecule has 2 amide bonds. The summed E-state index contributed by atoms with van der Waals surface area (Å²) < 4.78 is 0. The number of likely N-dealkylation sites (N-methyl/N-ethyl adjacent to an activating group) is 1. The molecule has 14 heavy (non-hydrogen) atoms. The average Bonchev–Trinajstić information content (AvgIpc) is 2.17. The SMILES string of the molecule is CCCCCCNC(=O)CN(C)C=O. The Hall–Kier alpha value is -1.06. The van der Waals surface area contributed by atoms with Crippen LogP contribution in [0.5, 0.6) is 0 Å².